The molecule has 0 aliphatic rings. The molecule has 10 rings (SSSR count). The van der Waals surface area contributed by atoms with Crippen molar-refractivity contribution in [3.8, 4) is 50.7 Å². The number of aromatic nitrogens is 3. The molecule has 0 atom stereocenters. The Morgan fingerprint density at radius 1 is 0.353 bits per heavy atom. The summed E-state index contributed by atoms with van der Waals surface area (Å²) in [5.74, 6) is 0.702. The summed E-state index contributed by atoms with van der Waals surface area (Å²) in [5.41, 5.74) is 10.7. The van der Waals surface area contributed by atoms with E-state index in [0.29, 0.717) is 5.82 Å². The third-order valence-electron chi connectivity index (χ3n) is 9.99. The van der Waals surface area contributed by atoms with Crippen LogP contribution >= 0.6 is 0 Å². The lowest BCUT2D eigenvalue weighted by molar-refractivity contribution is 1.18. The van der Waals surface area contributed by atoms with Gasteiger partial charge in [0.15, 0.2) is 5.82 Å². The molecule has 0 unspecified atom stereocenters. The fourth-order valence-electron chi connectivity index (χ4n) is 7.63. The van der Waals surface area contributed by atoms with Crippen molar-refractivity contribution in [2.24, 2.45) is 0 Å². The van der Waals surface area contributed by atoms with E-state index in [1.165, 1.54) is 32.7 Å². The number of benzene rings is 8. The molecule has 3 heteroatoms. The molecule has 8 aromatic carbocycles. The second-order valence-electron chi connectivity index (χ2n) is 13.0. The van der Waals surface area contributed by atoms with Crippen LogP contribution in [0.5, 0.6) is 0 Å². The quantitative estimate of drug-likeness (QED) is 0.174. The van der Waals surface area contributed by atoms with Crippen LogP contribution in [0.2, 0.25) is 0 Å². The number of nitrogens with zero attached hydrogens (tertiary/aromatic N) is 3. The van der Waals surface area contributed by atoms with Crippen LogP contribution < -0.4 is 0 Å². The first-order valence-electron chi connectivity index (χ1n) is 17.3. The summed E-state index contributed by atoms with van der Waals surface area (Å²) >= 11 is 0. The lowest BCUT2D eigenvalue weighted by atomic mass is 10.00. The zero-order chi connectivity index (χ0) is 33.7. The van der Waals surface area contributed by atoms with Crippen LogP contribution in [0.15, 0.2) is 188 Å². The summed E-state index contributed by atoms with van der Waals surface area (Å²) < 4.78 is 2.44. The van der Waals surface area contributed by atoms with Crippen LogP contribution in [0.1, 0.15) is 0 Å². The minimum atomic E-state index is 0.702. The van der Waals surface area contributed by atoms with Gasteiger partial charge in [0, 0.05) is 32.8 Å². The van der Waals surface area contributed by atoms with E-state index < -0.39 is 0 Å². The van der Waals surface area contributed by atoms with Crippen molar-refractivity contribution >= 4 is 43.4 Å². The van der Waals surface area contributed by atoms with Gasteiger partial charge in [-0.3, -0.25) is 0 Å². The van der Waals surface area contributed by atoms with E-state index in [-0.39, 0.29) is 0 Å². The van der Waals surface area contributed by atoms with Crippen molar-refractivity contribution in [2.75, 3.05) is 0 Å². The minimum Gasteiger partial charge on any atom is -0.309 e. The molecule has 0 aliphatic carbocycles. The molecule has 238 valence electrons. The number of rotatable bonds is 5. The molecular weight excluding hydrogens is 619 g/mol. The number of fused-ring (bicyclic) bond motifs is 6. The van der Waals surface area contributed by atoms with Gasteiger partial charge in [-0.15, -0.1) is 0 Å². The molecule has 0 saturated carbocycles. The summed E-state index contributed by atoms with van der Waals surface area (Å²) in [4.78, 5) is 10.6. The molecule has 0 spiro atoms. The first kappa shape index (κ1) is 29.1. The zero-order valence-corrected chi connectivity index (χ0v) is 27.7. The Labute approximate surface area is 295 Å². The minimum absolute atomic E-state index is 0.702. The first-order valence-corrected chi connectivity index (χ1v) is 17.3. The Hall–Kier alpha value is -6.84. The highest BCUT2D eigenvalue weighted by Gasteiger charge is 2.21. The standard InChI is InChI=1S/C48H31N3/c1-4-14-32(15-5-1)37-28-29-43-40(30-37)47-39(48-49-41(34-17-6-2-7-18-34)31-42(50-48)35-19-8-3-9-20-35)23-13-25-45(47)51(43)44-24-12-21-36-27-26-33-16-10-11-22-38(33)46(36)44/h1-31H. The monoisotopic (exact) mass is 649 g/mol. The maximum absolute atomic E-state index is 5.29. The van der Waals surface area contributed by atoms with Gasteiger partial charge in [-0.25, -0.2) is 9.97 Å². The van der Waals surface area contributed by atoms with E-state index in [2.05, 4.69) is 180 Å². The first-order chi connectivity index (χ1) is 25.3. The Bertz CT molecular complexity index is 2830. The highest BCUT2D eigenvalue weighted by molar-refractivity contribution is 6.19. The molecule has 10 aromatic rings. The zero-order valence-electron chi connectivity index (χ0n) is 27.7. The maximum atomic E-state index is 5.29. The molecule has 2 heterocycles. The average molecular weight is 650 g/mol. The van der Waals surface area contributed by atoms with Crippen LogP contribution in [0, 0.1) is 0 Å². The lowest BCUT2D eigenvalue weighted by Crippen LogP contribution is -1.97. The molecule has 0 fully saturated rings. The second kappa shape index (κ2) is 11.9. The third-order valence-corrected chi connectivity index (χ3v) is 9.99. The van der Waals surface area contributed by atoms with Gasteiger partial charge in [-0.05, 0) is 57.6 Å². The van der Waals surface area contributed by atoms with Crippen molar-refractivity contribution in [3.05, 3.63) is 188 Å². The Morgan fingerprint density at radius 3 is 1.69 bits per heavy atom. The molecule has 0 aliphatic heterocycles. The van der Waals surface area contributed by atoms with Gasteiger partial charge in [-0.1, -0.05) is 158 Å². The SMILES string of the molecule is c1ccc(-c2ccc3c(c2)c2c(-c4nc(-c5ccccc5)cc(-c5ccccc5)n4)cccc2n3-c2cccc3ccc4ccccc4c23)cc1. The Morgan fingerprint density at radius 2 is 0.961 bits per heavy atom. The van der Waals surface area contributed by atoms with Crippen molar-refractivity contribution in [1.29, 1.82) is 0 Å². The average Bonchev–Trinajstić information content (AvgIpc) is 3.55. The molecule has 0 amide bonds. The van der Waals surface area contributed by atoms with Crippen molar-refractivity contribution < 1.29 is 0 Å². The summed E-state index contributed by atoms with van der Waals surface area (Å²) in [7, 11) is 0. The van der Waals surface area contributed by atoms with Crippen molar-refractivity contribution in [1.82, 2.24) is 14.5 Å². The van der Waals surface area contributed by atoms with Gasteiger partial charge in [0.2, 0.25) is 0 Å². The third kappa shape index (κ3) is 4.90. The van der Waals surface area contributed by atoms with E-state index in [4.69, 9.17) is 9.97 Å². The smallest absolute Gasteiger partial charge is 0.161 e. The van der Waals surface area contributed by atoms with Crippen LogP contribution in [-0.2, 0) is 0 Å². The second-order valence-corrected chi connectivity index (χ2v) is 13.0. The highest BCUT2D eigenvalue weighted by Crippen LogP contribution is 2.42. The predicted octanol–water partition coefficient (Wildman–Crippen LogP) is 12.5. The number of hydrogen-bond donors (Lipinski definition) is 0. The van der Waals surface area contributed by atoms with E-state index >= 15 is 0 Å². The van der Waals surface area contributed by atoms with Gasteiger partial charge in [-0.2, -0.15) is 0 Å². The molecule has 0 bridgehead atoms. The van der Waals surface area contributed by atoms with Crippen LogP contribution in [0.25, 0.3) is 94.1 Å². The fourth-order valence-corrected chi connectivity index (χ4v) is 7.63. The highest BCUT2D eigenvalue weighted by atomic mass is 15.0. The molecule has 2 aromatic heterocycles. The topological polar surface area (TPSA) is 30.7 Å². The normalized spacial score (nSPS) is 11.5. The van der Waals surface area contributed by atoms with Crippen molar-refractivity contribution in [2.45, 2.75) is 0 Å². The van der Waals surface area contributed by atoms with Gasteiger partial charge < -0.3 is 4.57 Å². The fraction of sp³-hybridized carbons (Fsp3) is 0. The van der Waals surface area contributed by atoms with Gasteiger partial charge >= 0.3 is 0 Å². The molecular formula is C48H31N3. The lowest BCUT2D eigenvalue weighted by Gasteiger charge is -2.14. The summed E-state index contributed by atoms with van der Waals surface area (Å²) in [6, 6.07) is 66.7. The largest absolute Gasteiger partial charge is 0.309 e. The summed E-state index contributed by atoms with van der Waals surface area (Å²) in [5, 5.41) is 7.21. The van der Waals surface area contributed by atoms with E-state index in [0.717, 1.165) is 55.6 Å². The van der Waals surface area contributed by atoms with Crippen LogP contribution in [0.3, 0.4) is 0 Å². The van der Waals surface area contributed by atoms with Crippen LogP contribution in [-0.4, -0.2) is 14.5 Å². The molecule has 0 radical (unpaired) electrons. The van der Waals surface area contributed by atoms with Gasteiger partial charge in [0.25, 0.3) is 0 Å². The summed E-state index contributed by atoms with van der Waals surface area (Å²) in [6.45, 7) is 0. The predicted molar refractivity (Wildman–Crippen MR) is 213 cm³/mol. The number of hydrogen-bond acceptors (Lipinski definition) is 2. The Kier molecular flexibility index (Phi) is 6.81. The van der Waals surface area contributed by atoms with Gasteiger partial charge in [0.1, 0.15) is 0 Å². The van der Waals surface area contributed by atoms with Crippen LogP contribution in [0.4, 0.5) is 0 Å². The molecule has 3 nitrogen and oxygen atoms in total. The van der Waals surface area contributed by atoms with Gasteiger partial charge in [0.05, 0.1) is 28.1 Å². The Balaban J connectivity index is 1.32. The molecule has 0 saturated heterocycles. The van der Waals surface area contributed by atoms with E-state index in [1.807, 2.05) is 12.1 Å². The van der Waals surface area contributed by atoms with E-state index in [9.17, 15) is 0 Å². The maximum Gasteiger partial charge on any atom is 0.161 e. The van der Waals surface area contributed by atoms with E-state index in [1.54, 1.807) is 0 Å². The summed E-state index contributed by atoms with van der Waals surface area (Å²) in [6.07, 6.45) is 0. The molecule has 0 N–H and O–H groups in total. The van der Waals surface area contributed by atoms with Crippen molar-refractivity contribution in [3.63, 3.8) is 0 Å². The molecule has 51 heavy (non-hydrogen) atoms.